The molecule has 0 amide bonds. The highest BCUT2D eigenvalue weighted by molar-refractivity contribution is 5.83. The Morgan fingerprint density at radius 1 is 1.23 bits per heavy atom. The van der Waals surface area contributed by atoms with Crippen LogP contribution in [0.2, 0.25) is 0 Å². The quantitative estimate of drug-likeness (QED) is 0.611. The van der Waals surface area contributed by atoms with E-state index in [-0.39, 0.29) is 11.9 Å². The largest absolute Gasteiger partial charge is 0.464 e. The van der Waals surface area contributed by atoms with Gasteiger partial charge in [-0.2, -0.15) is 0 Å². The van der Waals surface area contributed by atoms with Gasteiger partial charge in [0, 0.05) is 0 Å². The van der Waals surface area contributed by atoms with Crippen molar-refractivity contribution in [1.82, 2.24) is 0 Å². The molecule has 0 aromatic heterocycles. The van der Waals surface area contributed by atoms with Gasteiger partial charge in [0.05, 0.1) is 0 Å². The zero-order chi connectivity index (χ0) is 9.42. The summed E-state index contributed by atoms with van der Waals surface area (Å²) in [6.45, 7) is 4.63. The Balaban J connectivity index is 2.34. The van der Waals surface area contributed by atoms with Crippen LogP contribution in [-0.2, 0) is 9.53 Å². The molecule has 1 aliphatic rings. The van der Waals surface area contributed by atoms with Gasteiger partial charge in [-0.3, -0.25) is 4.79 Å². The summed E-state index contributed by atoms with van der Waals surface area (Å²) in [5.41, 5.74) is 3.50. The molecule has 13 heavy (non-hydrogen) atoms. The number of hydrogen-bond acceptors (Lipinski definition) is 2. The second kappa shape index (κ2) is 2.87. The van der Waals surface area contributed by atoms with Crippen LogP contribution in [0.5, 0.6) is 0 Å². The maximum absolute atomic E-state index is 11.0. The number of rotatable bonds is 1. The van der Waals surface area contributed by atoms with E-state index >= 15 is 0 Å². The van der Waals surface area contributed by atoms with Crippen molar-refractivity contribution in [3.63, 3.8) is 0 Å². The van der Waals surface area contributed by atoms with Gasteiger partial charge in [0.1, 0.15) is 12.5 Å². The van der Waals surface area contributed by atoms with Crippen molar-refractivity contribution in [2.75, 3.05) is 6.61 Å². The van der Waals surface area contributed by atoms with E-state index in [0.717, 1.165) is 5.56 Å². The maximum Gasteiger partial charge on any atom is 0.316 e. The number of ether oxygens (including phenoxy) is 1. The van der Waals surface area contributed by atoms with E-state index in [1.165, 1.54) is 11.1 Å². The summed E-state index contributed by atoms with van der Waals surface area (Å²) in [7, 11) is 0. The van der Waals surface area contributed by atoms with E-state index < -0.39 is 0 Å². The molecule has 2 nitrogen and oxygen atoms in total. The van der Waals surface area contributed by atoms with Gasteiger partial charge >= 0.3 is 5.97 Å². The lowest BCUT2D eigenvalue weighted by atomic mass is 9.94. The van der Waals surface area contributed by atoms with Gasteiger partial charge in [-0.25, -0.2) is 0 Å². The van der Waals surface area contributed by atoms with Gasteiger partial charge < -0.3 is 4.74 Å². The van der Waals surface area contributed by atoms with Crippen molar-refractivity contribution in [2.24, 2.45) is 0 Å². The average Bonchev–Trinajstić information content (AvgIpc) is 1.99. The molecule has 0 bridgehead atoms. The lowest BCUT2D eigenvalue weighted by Crippen LogP contribution is -2.32. The molecule has 1 aliphatic heterocycles. The highest BCUT2D eigenvalue weighted by atomic mass is 16.6. The Bertz CT molecular complexity index is 335. The number of carbonyl (C=O) groups excluding carboxylic acids is 1. The summed E-state index contributed by atoms with van der Waals surface area (Å²) >= 11 is 0. The van der Waals surface area contributed by atoms with E-state index in [1.807, 2.05) is 13.8 Å². The van der Waals surface area contributed by atoms with Crippen LogP contribution < -0.4 is 0 Å². The van der Waals surface area contributed by atoms with Gasteiger partial charge in [0.2, 0.25) is 0 Å². The molecule has 1 unspecified atom stereocenters. The zero-order valence-corrected chi connectivity index (χ0v) is 7.83. The van der Waals surface area contributed by atoms with Crippen molar-refractivity contribution >= 4 is 5.97 Å². The summed E-state index contributed by atoms with van der Waals surface area (Å²) < 4.78 is 4.74. The molecule has 1 saturated heterocycles. The van der Waals surface area contributed by atoms with Crippen molar-refractivity contribution in [2.45, 2.75) is 19.8 Å². The fourth-order valence-corrected chi connectivity index (χ4v) is 1.68. The van der Waals surface area contributed by atoms with Crippen LogP contribution in [-0.4, -0.2) is 12.6 Å². The van der Waals surface area contributed by atoms with Crippen LogP contribution in [0.1, 0.15) is 22.6 Å². The molecule has 1 heterocycles. The monoisotopic (exact) mass is 176 g/mol. The van der Waals surface area contributed by atoms with Crippen molar-refractivity contribution in [3.05, 3.63) is 34.9 Å². The van der Waals surface area contributed by atoms with Gasteiger partial charge in [-0.05, 0) is 19.4 Å². The highest BCUT2D eigenvalue weighted by Gasteiger charge is 2.32. The lowest BCUT2D eigenvalue weighted by molar-refractivity contribution is -0.161. The van der Waals surface area contributed by atoms with Crippen molar-refractivity contribution in [1.29, 1.82) is 0 Å². The molecule has 1 atom stereocenters. The minimum Gasteiger partial charge on any atom is -0.464 e. The number of carbonyl (C=O) groups is 1. The van der Waals surface area contributed by atoms with Crippen LogP contribution in [0.25, 0.3) is 0 Å². The predicted octanol–water partition coefficient (Wildman–Crippen LogP) is 1.94. The Kier molecular flexibility index (Phi) is 1.83. The number of aryl methyl sites for hydroxylation is 2. The molecular weight excluding hydrogens is 164 g/mol. The third-order valence-corrected chi connectivity index (χ3v) is 2.32. The molecule has 68 valence electrons. The Morgan fingerprint density at radius 2 is 1.85 bits per heavy atom. The number of cyclic esters (lactones) is 1. The van der Waals surface area contributed by atoms with Crippen molar-refractivity contribution in [3.8, 4) is 0 Å². The SMILES string of the molecule is Cc1cc(C)cc(C2COC2=O)c1. The Morgan fingerprint density at radius 3 is 2.23 bits per heavy atom. The van der Waals surface area contributed by atoms with Crippen LogP contribution in [0, 0.1) is 13.8 Å². The first-order valence-corrected chi connectivity index (χ1v) is 4.41. The molecule has 1 fully saturated rings. The third kappa shape index (κ3) is 1.44. The topological polar surface area (TPSA) is 26.3 Å². The molecule has 1 aromatic carbocycles. The van der Waals surface area contributed by atoms with Gasteiger partial charge in [0.25, 0.3) is 0 Å². The first-order valence-electron chi connectivity index (χ1n) is 4.41. The predicted molar refractivity (Wildman–Crippen MR) is 49.6 cm³/mol. The second-order valence-corrected chi connectivity index (χ2v) is 3.60. The molecule has 0 radical (unpaired) electrons. The standard InChI is InChI=1S/C11H12O2/c1-7-3-8(2)5-9(4-7)10-6-13-11(10)12/h3-5,10H,6H2,1-2H3. The van der Waals surface area contributed by atoms with Gasteiger partial charge in [-0.15, -0.1) is 0 Å². The van der Waals surface area contributed by atoms with E-state index in [4.69, 9.17) is 4.74 Å². The summed E-state index contributed by atoms with van der Waals surface area (Å²) in [5.74, 6) is -0.108. The van der Waals surface area contributed by atoms with E-state index in [1.54, 1.807) is 0 Å². The van der Waals surface area contributed by atoms with Crippen LogP contribution in [0.4, 0.5) is 0 Å². The van der Waals surface area contributed by atoms with Gasteiger partial charge in [0.15, 0.2) is 0 Å². The van der Waals surface area contributed by atoms with Crippen LogP contribution >= 0.6 is 0 Å². The summed E-state index contributed by atoms with van der Waals surface area (Å²) in [6, 6.07) is 6.21. The highest BCUT2D eigenvalue weighted by Crippen LogP contribution is 2.26. The molecular formula is C11H12O2. The lowest BCUT2D eigenvalue weighted by Gasteiger charge is -2.25. The summed E-state index contributed by atoms with van der Waals surface area (Å²) in [4.78, 5) is 11.0. The van der Waals surface area contributed by atoms with Crippen LogP contribution in [0.15, 0.2) is 18.2 Å². The molecule has 0 spiro atoms. The van der Waals surface area contributed by atoms with Crippen molar-refractivity contribution < 1.29 is 9.53 Å². The number of hydrogen-bond donors (Lipinski definition) is 0. The minimum atomic E-state index is -0.0926. The minimum absolute atomic E-state index is 0.0152. The van der Waals surface area contributed by atoms with E-state index in [0.29, 0.717) is 6.61 Å². The maximum atomic E-state index is 11.0. The van der Waals surface area contributed by atoms with E-state index in [2.05, 4.69) is 18.2 Å². The molecule has 2 rings (SSSR count). The number of benzene rings is 1. The Hall–Kier alpha value is -1.31. The summed E-state index contributed by atoms with van der Waals surface area (Å²) in [5, 5.41) is 0. The average molecular weight is 176 g/mol. The normalized spacial score (nSPS) is 20.8. The smallest absolute Gasteiger partial charge is 0.316 e. The van der Waals surface area contributed by atoms with Gasteiger partial charge in [-0.1, -0.05) is 29.3 Å². The van der Waals surface area contributed by atoms with Crippen LogP contribution in [0.3, 0.4) is 0 Å². The molecule has 0 N–H and O–H groups in total. The third-order valence-electron chi connectivity index (χ3n) is 2.32. The fourth-order valence-electron chi connectivity index (χ4n) is 1.68. The number of esters is 1. The first-order chi connectivity index (χ1) is 6.16. The molecule has 1 aromatic rings. The Labute approximate surface area is 77.5 Å². The molecule has 0 saturated carbocycles. The molecule has 2 heteroatoms. The molecule has 0 aliphatic carbocycles. The zero-order valence-electron chi connectivity index (χ0n) is 7.83. The van der Waals surface area contributed by atoms with E-state index in [9.17, 15) is 4.79 Å². The first kappa shape index (κ1) is 8.30. The second-order valence-electron chi connectivity index (χ2n) is 3.60. The summed E-state index contributed by atoms with van der Waals surface area (Å²) in [6.07, 6.45) is 0. The fraction of sp³-hybridized carbons (Fsp3) is 0.364.